The summed E-state index contributed by atoms with van der Waals surface area (Å²) in [5.41, 5.74) is 11.7. The van der Waals surface area contributed by atoms with Crippen LogP contribution in [0, 0.1) is 5.92 Å². The molecule has 0 amide bonds. The molecule has 2 heterocycles. The normalized spacial score (nSPS) is 18.8. The molecule has 0 unspecified atom stereocenters. The number of benzene rings is 1. The molecule has 1 saturated heterocycles. The van der Waals surface area contributed by atoms with Gasteiger partial charge >= 0.3 is 0 Å². The molecule has 13 nitrogen and oxygen atoms in total. The van der Waals surface area contributed by atoms with E-state index in [9.17, 15) is 21.9 Å². The van der Waals surface area contributed by atoms with Crippen LogP contribution >= 0.6 is 0 Å². The van der Waals surface area contributed by atoms with E-state index < -0.39 is 42.5 Å². The molecule has 8 N–H and O–H groups in total. The van der Waals surface area contributed by atoms with Gasteiger partial charge in [0.15, 0.2) is 12.5 Å². The van der Waals surface area contributed by atoms with Gasteiger partial charge in [-0.05, 0) is 37.4 Å². The summed E-state index contributed by atoms with van der Waals surface area (Å²) in [5, 5.41) is 22.5. The van der Waals surface area contributed by atoms with Crippen molar-refractivity contribution in [1.82, 2.24) is 4.72 Å². The van der Waals surface area contributed by atoms with Gasteiger partial charge in [0.1, 0.15) is 9.79 Å². The summed E-state index contributed by atoms with van der Waals surface area (Å²) in [6, 6.07) is 1.68. The van der Waals surface area contributed by atoms with Crippen molar-refractivity contribution >= 4 is 31.6 Å². The second-order valence-electron chi connectivity index (χ2n) is 7.60. The molecule has 15 heteroatoms. The number of nitrogens with two attached hydrogens (primary N) is 3. The molecule has 0 aliphatic carbocycles. The quantitative estimate of drug-likeness (QED) is 0.268. The molecule has 1 fully saturated rings. The third-order valence-corrected chi connectivity index (χ3v) is 8.15. The lowest BCUT2D eigenvalue weighted by Crippen LogP contribution is -2.43. The lowest BCUT2D eigenvalue weighted by Gasteiger charge is -2.34. The van der Waals surface area contributed by atoms with E-state index in [-0.39, 0.29) is 24.6 Å². The Morgan fingerprint density at radius 2 is 1.88 bits per heavy atom. The Bertz CT molecular complexity index is 1110. The number of hydrogen-bond acceptors (Lipinski definition) is 11. The van der Waals surface area contributed by atoms with Crippen molar-refractivity contribution in [3.05, 3.63) is 17.7 Å². The first-order valence-corrected chi connectivity index (χ1v) is 13.1. The number of anilines is 1. The minimum Gasteiger partial charge on any atom is -0.395 e. The second kappa shape index (κ2) is 9.86. The number of nitrogens with one attached hydrogen (secondary N) is 1. The molecule has 2 aliphatic rings. The van der Waals surface area contributed by atoms with Gasteiger partial charge in [0.25, 0.3) is 0 Å². The second-order valence-corrected chi connectivity index (χ2v) is 10.8. The molecular weight excluding hydrogens is 460 g/mol. The Balaban J connectivity index is 2.21. The summed E-state index contributed by atoms with van der Waals surface area (Å²) in [5.74, 6) is 0.339. The smallest absolute Gasteiger partial charge is 0.242 e. The highest BCUT2D eigenvalue weighted by molar-refractivity contribution is 7.92. The number of primary sulfonamides is 1. The van der Waals surface area contributed by atoms with E-state index in [0.29, 0.717) is 31.2 Å². The first kappa shape index (κ1) is 24.6. The van der Waals surface area contributed by atoms with Crippen LogP contribution in [-0.4, -0.2) is 73.3 Å². The van der Waals surface area contributed by atoms with Crippen molar-refractivity contribution in [2.45, 2.75) is 28.7 Å². The zero-order valence-corrected chi connectivity index (χ0v) is 19.0. The lowest BCUT2D eigenvalue weighted by atomic mass is 9.96. The van der Waals surface area contributed by atoms with Gasteiger partial charge in [0.2, 0.25) is 20.0 Å². The molecule has 0 aromatic heterocycles. The summed E-state index contributed by atoms with van der Waals surface area (Å²) >= 11 is 0. The average Bonchev–Trinajstić information content (AvgIpc) is 3.30. The Hall–Kier alpha value is -2.01. The summed E-state index contributed by atoms with van der Waals surface area (Å²) in [4.78, 5) is 4.86. The van der Waals surface area contributed by atoms with Gasteiger partial charge in [-0.25, -0.2) is 31.7 Å². The topological polar surface area (TPSA) is 219 Å². The number of rotatable bonds is 9. The van der Waals surface area contributed by atoms with E-state index in [1.807, 2.05) is 4.90 Å². The summed E-state index contributed by atoms with van der Waals surface area (Å²) < 4.78 is 53.7. The van der Waals surface area contributed by atoms with Gasteiger partial charge in [-0.2, -0.15) is 5.11 Å². The minimum absolute atomic E-state index is 0.0108. The number of nitrogens with zero attached hydrogens (tertiary/aromatic N) is 4. The largest absolute Gasteiger partial charge is 0.395 e. The predicted octanol–water partition coefficient (Wildman–Crippen LogP) is -1.72. The van der Waals surface area contributed by atoms with Gasteiger partial charge in [-0.1, -0.05) is 0 Å². The number of azo groups is 1. The van der Waals surface area contributed by atoms with Crippen LogP contribution in [0.25, 0.3) is 0 Å². The van der Waals surface area contributed by atoms with Crippen LogP contribution in [0.5, 0.6) is 0 Å². The van der Waals surface area contributed by atoms with E-state index in [4.69, 9.17) is 16.6 Å². The fourth-order valence-electron chi connectivity index (χ4n) is 3.74. The number of aliphatic imine (C=N–C) groups is 1. The Morgan fingerprint density at radius 1 is 1.19 bits per heavy atom. The fourth-order valence-corrected chi connectivity index (χ4v) is 6.57. The standard InChI is InChI=1S/C17H28N8O5S2/c18-7-11-3-5-25(6-4-11)13-1-2-14(32(29,30)24-12(8-19)9-26)16(31(20,27)28)15(13)17-21-10-22-23-17/h1-2,11-12,24,26H,3-10,18-19H2,(H2,20,27,28)/t12-/m1/s1. The summed E-state index contributed by atoms with van der Waals surface area (Å²) in [7, 11) is -8.97. The van der Waals surface area contributed by atoms with Crippen LogP contribution in [0.3, 0.4) is 0 Å². The van der Waals surface area contributed by atoms with Gasteiger partial charge < -0.3 is 21.5 Å². The molecule has 0 saturated carbocycles. The van der Waals surface area contributed by atoms with Crippen LogP contribution in [0.1, 0.15) is 18.4 Å². The first-order valence-electron chi connectivity index (χ1n) is 10.0. The Labute approximate surface area is 186 Å². The zero-order valence-electron chi connectivity index (χ0n) is 17.4. The summed E-state index contributed by atoms with van der Waals surface area (Å²) in [6.07, 6.45) is 1.59. The molecular formula is C17H28N8O5S2. The zero-order chi connectivity index (χ0) is 23.5. The highest BCUT2D eigenvalue weighted by Gasteiger charge is 2.35. The van der Waals surface area contributed by atoms with Gasteiger partial charge in [0, 0.05) is 25.3 Å². The van der Waals surface area contributed by atoms with Crippen LogP contribution in [0.2, 0.25) is 0 Å². The van der Waals surface area contributed by atoms with Crippen molar-refractivity contribution in [3.63, 3.8) is 0 Å². The maximum Gasteiger partial charge on any atom is 0.242 e. The van der Waals surface area contributed by atoms with Crippen LogP contribution < -0.4 is 26.2 Å². The predicted molar refractivity (Wildman–Crippen MR) is 118 cm³/mol. The van der Waals surface area contributed by atoms with Crippen molar-refractivity contribution < 1.29 is 21.9 Å². The maximum absolute atomic E-state index is 13.0. The number of hydrogen-bond donors (Lipinski definition) is 5. The van der Waals surface area contributed by atoms with E-state index in [1.54, 1.807) is 0 Å². The van der Waals surface area contributed by atoms with E-state index in [2.05, 4.69) is 19.9 Å². The Morgan fingerprint density at radius 3 is 2.38 bits per heavy atom. The highest BCUT2D eigenvalue weighted by Crippen LogP contribution is 2.35. The van der Waals surface area contributed by atoms with Crippen molar-refractivity contribution in [3.8, 4) is 0 Å². The molecule has 32 heavy (non-hydrogen) atoms. The monoisotopic (exact) mass is 488 g/mol. The molecule has 1 aromatic rings. The average molecular weight is 489 g/mol. The van der Waals surface area contributed by atoms with Gasteiger partial charge in [-0.3, -0.25) is 0 Å². The molecule has 3 rings (SSSR count). The molecule has 0 radical (unpaired) electrons. The van der Waals surface area contributed by atoms with Crippen LogP contribution in [-0.2, 0) is 20.0 Å². The number of sulfonamides is 2. The SMILES string of the molecule is NCC1CCN(c2ccc(S(=O)(=O)N[C@H](CN)CO)c(S(N)(=O)=O)c2C2=NCN=N2)CC1. The molecule has 2 aliphatic heterocycles. The molecule has 1 aromatic carbocycles. The van der Waals surface area contributed by atoms with Crippen molar-refractivity contribution in [1.29, 1.82) is 0 Å². The minimum atomic E-state index is -4.55. The van der Waals surface area contributed by atoms with Crippen molar-refractivity contribution in [2.75, 3.05) is 44.4 Å². The van der Waals surface area contributed by atoms with E-state index in [0.717, 1.165) is 12.8 Å². The van der Waals surface area contributed by atoms with E-state index >= 15 is 0 Å². The molecule has 0 bridgehead atoms. The molecule has 178 valence electrons. The maximum atomic E-state index is 13.0. The number of amidine groups is 1. The van der Waals surface area contributed by atoms with Crippen molar-refractivity contribution in [2.24, 2.45) is 37.7 Å². The highest BCUT2D eigenvalue weighted by atomic mass is 32.2. The van der Waals surface area contributed by atoms with Crippen LogP contribution in [0.4, 0.5) is 5.69 Å². The third-order valence-electron chi connectivity index (χ3n) is 5.46. The van der Waals surface area contributed by atoms with Gasteiger partial charge in [0.05, 0.1) is 18.2 Å². The third kappa shape index (κ3) is 5.14. The van der Waals surface area contributed by atoms with E-state index in [1.165, 1.54) is 12.1 Å². The fraction of sp³-hybridized carbons (Fsp3) is 0.588. The molecule has 0 spiro atoms. The van der Waals surface area contributed by atoms with Crippen LogP contribution in [0.15, 0.2) is 37.1 Å². The number of aliphatic hydroxyl groups is 1. The first-order chi connectivity index (χ1) is 15.1. The number of aliphatic hydroxyl groups excluding tert-OH is 1. The lowest BCUT2D eigenvalue weighted by molar-refractivity contribution is 0.259. The summed E-state index contributed by atoms with van der Waals surface area (Å²) in [6.45, 7) is 0.967. The van der Waals surface area contributed by atoms with Gasteiger partial charge in [-0.15, -0.1) is 5.11 Å². The number of piperidine rings is 1. The molecule has 1 atom stereocenters. The Kier molecular flexibility index (Phi) is 7.59.